The summed E-state index contributed by atoms with van der Waals surface area (Å²) >= 11 is 0. The van der Waals surface area contributed by atoms with Gasteiger partial charge in [-0.25, -0.2) is 0 Å². The van der Waals surface area contributed by atoms with Crippen LogP contribution in [0.1, 0.15) is 41.3 Å². The first-order valence-corrected chi connectivity index (χ1v) is 6.16. The van der Waals surface area contributed by atoms with Gasteiger partial charge in [-0.15, -0.1) is 0 Å². The van der Waals surface area contributed by atoms with Crippen molar-refractivity contribution >= 4 is 5.78 Å². The van der Waals surface area contributed by atoms with Crippen molar-refractivity contribution in [2.24, 2.45) is 0 Å². The summed E-state index contributed by atoms with van der Waals surface area (Å²) in [7, 11) is 0. The van der Waals surface area contributed by atoms with Gasteiger partial charge in [0.05, 0.1) is 11.7 Å². The van der Waals surface area contributed by atoms with Crippen molar-refractivity contribution < 1.29 is 22.7 Å². The van der Waals surface area contributed by atoms with Gasteiger partial charge >= 0.3 is 6.18 Å². The number of aryl methyl sites for hydroxylation is 1. The summed E-state index contributed by atoms with van der Waals surface area (Å²) in [5.41, 5.74) is -0.0858. The summed E-state index contributed by atoms with van der Waals surface area (Å²) < 4.78 is 43.1. The SMILES string of the molecule is Cc1cc(C(F)(F)F)ccc1C(=O)C1CCC(C)O1. The van der Waals surface area contributed by atoms with Crippen LogP contribution in [0.15, 0.2) is 18.2 Å². The van der Waals surface area contributed by atoms with Crippen LogP contribution in [0.4, 0.5) is 13.2 Å². The Morgan fingerprint density at radius 1 is 1.32 bits per heavy atom. The first-order chi connectivity index (χ1) is 8.79. The third-order valence-corrected chi connectivity index (χ3v) is 3.34. The monoisotopic (exact) mass is 272 g/mol. The summed E-state index contributed by atoms with van der Waals surface area (Å²) in [6, 6.07) is 3.19. The van der Waals surface area contributed by atoms with Crippen molar-refractivity contribution in [3.05, 3.63) is 34.9 Å². The minimum Gasteiger partial charge on any atom is -0.367 e. The van der Waals surface area contributed by atoms with Crippen molar-refractivity contribution in [1.29, 1.82) is 0 Å². The number of benzene rings is 1. The van der Waals surface area contributed by atoms with E-state index in [-0.39, 0.29) is 11.9 Å². The average molecular weight is 272 g/mol. The third-order valence-electron chi connectivity index (χ3n) is 3.34. The van der Waals surface area contributed by atoms with Crippen molar-refractivity contribution in [1.82, 2.24) is 0 Å². The Balaban J connectivity index is 2.24. The normalized spacial score (nSPS) is 23.6. The van der Waals surface area contributed by atoms with Crippen LogP contribution in [0.3, 0.4) is 0 Å². The van der Waals surface area contributed by atoms with Gasteiger partial charge in [0.15, 0.2) is 5.78 Å². The van der Waals surface area contributed by atoms with Gasteiger partial charge in [-0.05, 0) is 44.4 Å². The minimum absolute atomic E-state index is 0.0312. The molecule has 0 radical (unpaired) electrons. The van der Waals surface area contributed by atoms with Crippen LogP contribution in [0.2, 0.25) is 0 Å². The molecule has 104 valence electrons. The molecule has 1 aliphatic rings. The lowest BCUT2D eigenvalue weighted by Gasteiger charge is -2.14. The zero-order valence-electron chi connectivity index (χ0n) is 10.8. The summed E-state index contributed by atoms with van der Waals surface area (Å²) in [5, 5.41) is 0. The molecular formula is C14H15F3O2. The van der Waals surface area contributed by atoms with Crippen LogP contribution in [-0.2, 0) is 10.9 Å². The summed E-state index contributed by atoms with van der Waals surface area (Å²) in [6.07, 6.45) is -3.45. The Morgan fingerprint density at radius 2 is 2.00 bits per heavy atom. The minimum atomic E-state index is -4.38. The Kier molecular flexibility index (Phi) is 3.67. The molecule has 1 saturated heterocycles. The molecular weight excluding hydrogens is 257 g/mol. The fraction of sp³-hybridized carbons (Fsp3) is 0.500. The molecule has 1 heterocycles. The topological polar surface area (TPSA) is 26.3 Å². The zero-order chi connectivity index (χ0) is 14.2. The van der Waals surface area contributed by atoms with E-state index < -0.39 is 17.8 Å². The standard InChI is InChI=1S/C14H15F3O2/c1-8-7-10(14(15,16)17)4-5-11(8)13(18)12-6-3-9(2)19-12/h4-5,7,9,12H,3,6H2,1-2H3. The fourth-order valence-corrected chi connectivity index (χ4v) is 2.29. The van der Waals surface area contributed by atoms with E-state index in [0.29, 0.717) is 17.5 Å². The molecule has 1 aromatic rings. The number of ketones is 1. The highest BCUT2D eigenvalue weighted by Gasteiger charge is 2.33. The predicted molar refractivity (Wildman–Crippen MR) is 64.1 cm³/mol. The van der Waals surface area contributed by atoms with Gasteiger partial charge in [0.2, 0.25) is 0 Å². The molecule has 0 aromatic heterocycles. The summed E-state index contributed by atoms with van der Waals surface area (Å²) in [6.45, 7) is 3.40. The van der Waals surface area contributed by atoms with Crippen LogP contribution < -0.4 is 0 Å². The zero-order valence-corrected chi connectivity index (χ0v) is 10.8. The van der Waals surface area contributed by atoms with E-state index >= 15 is 0 Å². The first-order valence-electron chi connectivity index (χ1n) is 6.16. The molecule has 2 atom stereocenters. The van der Waals surface area contributed by atoms with Gasteiger partial charge in [-0.2, -0.15) is 13.2 Å². The summed E-state index contributed by atoms with van der Waals surface area (Å²) in [5.74, 6) is -0.226. The smallest absolute Gasteiger partial charge is 0.367 e. The molecule has 2 unspecified atom stereocenters. The number of halogens is 3. The van der Waals surface area contributed by atoms with Gasteiger partial charge in [-0.3, -0.25) is 4.79 Å². The molecule has 0 aliphatic carbocycles. The van der Waals surface area contributed by atoms with E-state index in [9.17, 15) is 18.0 Å². The van der Waals surface area contributed by atoms with Gasteiger partial charge < -0.3 is 4.74 Å². The maximum atomic E-state index is 12.5. The van der Waals surface area contributed by atoms with Crippen LogP contribution in [0.5, 0.6) is 0 Å². The Bertz CT molecular complexity index is 494. The van der Waals surface area contributed by atoms with E-state index in [1.165, 1.54) is 13.0 Å². The maximum absolute atomic E-state index is 12.5. The van der Waals surface area contributed by atoms with Gasteiger partial charge in [0, 0.05) is 5.56 Å². The molecule has 0 spiro atoms. The molecule has 1 aliphatic heterocycles. The van der Waals surface area contributed by atoms with E-state index in [0.717, 1.165) is 18.6 Å². The Labute approximate surface area is 109 Å². The number of Topliss-reactive ketones (excluding diaryl/α,β-unsaturated/α-hetero) is 1. The van der Waals surface area contributed by atoms with Crippen LogP contribution >= 0.6 is 0 Å². The Morgan fingerprint density at radius 3 is 2.47 bits per heavy atom. The molecule has 5 heteroatoms. The fourth-order valence-electron chi connectivity index (χ4n) is 2.29. The second-order valence-electron chi connectivity index (χ2n) is 4.90. The lowest BCUT2D eigenvalue weighted by Crippen LogP contribution is -2.22. The van der Waals surface area contributed by atoms with Crippen molar-refractivity contribution in [2.75, 3.05) is 0 Å². The molecule has 1 aromatic carbocycles. The second-order valence-corrected chi connectivity index (χ2v) is 4.90. The van der Waals surface area contributed by atoms with Gasteiger partial charge in [0.25, 0.3) is 0 Å². The molecule has 19 heavy (non-hydrogen) atoms. The number of ether oxygens (including phenoxy) is 1. The number of carbonyl (C=O) groups is 1. The highest BCUT2D eigenvalue weighted by atomic mass is 19.4. The third kappa shape index (κ3) is 2.97. The molecule has 0 bridgehead atoms. The number of alkyl halides is 3. The molecule has 0 saturated carbocycles. The van der Waals surface area contributed by atoms with Gasteiger partial charge in [0.1, 0.15) is 6.10 Å². The highest BCUT2D eigenvalue weighted by molar-refractivity contribution is 6.00. The average Bonchev–Trinajstić information content (AvgIpc) is 2.73. The number of rotatable bonds is 2. The number of hydrogen-bond acceptors (Lipinski definition) is 2. The largest absolute Gasteiger partial charge is 0.416 e. The molecule has 0 amide bonds. The summed E-state index contributed by atoms with van der Waals surface area (Å²) in [4.78, 5) is 12.2. The first kappa shape index (κ1) is 14.1. The van der Waals surface area contributed by atoms with E-state index in [2.05, 4.69) is 0 Å². The Hall–Kier alpha value is -1.36. The van der Waals surface area contributed by atoms with E-state index in [1.807, 2.05) is 6.92 Å². The quantitative estimate of drug-likeness (QED) is 0.766. The van der Waals surface area contributed by atoms with E-state index in [1.54, 1.807) is 0 Å². The molecule has 2 nitrogen and oxygen atoms in total. The van der Waals surface area contributed by atoms with Crippen LogP contribution in [0, 0.1) is 6.92 Å². The lowest BCUT2D eigenvalue weighted by molar-refractivity contribution is -0.137. The maximum Gasteiger partial charge on any atom is 0.416 e. The van der Waals surface area contributed by atoms with Crippen molar-refractivity contribution in [3.63, 3.8) is 0 Å². The lowest BCUT2D eigenvalue weighted by atomic mass is 9.97. The van der Waals surface area contributed by atoms with Crippen LogP contribution in [-0.4, -0.2) is 18.0 Å². The molecule has 1 fully saturated rings. The second kappa shape index (κ2) is 4.96. The number of carbonyl (C=O) groups excluding carboxylic acids is 1. The van der Waals surface area contributed by atoms with Crippen molar-refractivity contribution in [3.8, 4) is 0 Å². The highest BCUT2D eigenvalue weighted by Crippen LogP contribution is 2.31. The van der Waals surface area contributed by atoms with Gasteiger partial charge in [-0.1, -0.05) is 6.07 Å². The van der Waals surface area contributed by atoms with Crippen molar-refractivity contribution in [2.45, 2.75) is 45.1 Å². The molecule has 0 N–H and O–H groups in total. The number of hydrogen-bond donors (Lipinski definition) is 0. The predicted octanol–water partition coefficient (Wildman–Crippen LogP) is 3.76. The molecule has 2 rings (SSSR count). The van der Waals surface area contributed by atoms with E-state index in [4.69, 9.17) is 4.74 Å². The van der Waals surface area contributed by atoms with Crippen LogP contribution in [0.25, 0.3) is 0 Å².